The van der Waals surface area contributed by atoms with Gasteiger partial charge in [-0.2, -0.15) is 12.6 Å². The van der Waals surface area contributed by atoms with E-state index in [2.05, 4.69) is 12.6 Å². The molecule has 0 N–H and O–H groups in total. The third kappa shape index (κ3) is 12.9. The normalized spacial score (nSPS) is 12.0. The van der Waals surface area contributed by atoms with Crippen LogP contribution in [0.1, 0.15) is 57.8 Å². The van der Waals surface area contributed by atoms with E-state index in [1.54, 1.807) is 14.2 Å². The molecule has 0 radical (unpaired) electrons. The smallest absolute Gasteiger partial charge is 0.134 e. The fourth-order valence-electron chi connectivity index (χ4n) is 2.17. The van der Waals surface area contributed by atoms with Crippen molar-refractivity contribution in [3.05, 3.63) is 0 Å². The van der Waals surface area contributed by atoms with Gasteiger partial charge in [0.2, 0.25) is 0 Å². The maximum atomic E-state index is 5.23. The molecule has 0 aromatic heterocycles. The second-order valence-corrected chi connectivity index (χ2v) is 7.35. The molecule has 0 spiro atoms. The lowest BCUT2D eigenvalue weighted by Crippen LogP contribution is -2.20. The largest absolute Gasteiger partial charge is 0.360 e. The first-order valence-corrected chi connectivity index (χ1v) is 9.96. The minimum atomic E-state index is -0.180. The minimum Gasteiger partial charge on any atom is -0.360 e. The van der Waals surface area contributed by atoms with E-state index < -0.39 is 0 Å². The van der Waals surface area contributed by atoms with Crippen LogP contribution < -0.4 is 0 Å². The summed E-state index contributed by atoms with van der Waals surface area (Å²) < 4.78 is 10.5. The van der Waals surface area contributed by atoms with E-state index in [0.717, 1.165) is 5.75 Å². The van der Waals surface area contributed by atoms with Gasteiger partial charge in [-0.15, -0.1) is 0 Å². The predicted molar refractivity (Wildman–Crippen MR) is 86.6 cm³/mol. The standard InChI is InChI=1S/C14H32O2SSi/c1-15-14(16-2)18-13-11-9-7-5-3-4-6-8-10-12-17/h14,17H,3-13,18H2,1-2H3. The van der Waals surface area contributed by atoms with Crippen LogP contribution in [0.2, 0.25) is 6.04 Å². The first-order chi connectivity index (χ1) is 8.85. The molecule has 18 heavy (non-hydrogen) atoms. The van der Waals surface area contributed by atoms with E-state index in [9.17, 15) is 0 Å². The lowest BCUT2D eigenvalue weighted by atomic mass is 10.1. The van der Waals surface area contributed by atoms with Gasteiger partial charge < -0.3 is 9.47 Å². The van der Waals surface area contributed by atoms with Gasteiger partial charge in [-0.1, -0.05) is 57.4 Å². The van der Waals surface area contributed by atoms with Crippen LogP contribution >= 0.6 is 12.6 Å². The lowest BCUT2D eigenvalue weighted by Gasteiger charge is -2.12. The predicted octanol–water partition coefficient (Wildman–Crippen LogP) is 3.59. The molecule has 0 bridgehead atoms. The Morgan fingerprint density at radius 1 is 0.778 bits per heavy atom. The Kier molecular flexibility index (Phi) is 16.0. The van der Waals surface area contributed by atoms with Crippen LogP contribution in [0.25, 0.3) is 0 Å². The Labute approximate surface area is 121 Å². The van der Waals surface area contributed by atoms with Crippen LogP contribution in [-0.2, 0) is 9.47 Å². The SMILES string of the molecule is COC(OC)[SiH2]CCCCCCCCCCCS. The molecule has 0 atom stereocenters. The monoisotopic (exact) mass is 292 g/mol. The fraction of sp³-hybridized carbons (Fsp3) is 1.00. The molecule has 0 aromatic rings. The average Bonchev–Trinajstić information content (AvgIpc) is 2.40. The van der Waals surface area contributed by atoms with Crippen molar-refractivity contribution in [2.75, 3.05) is 20.0 Å². The Hall–Kier alpha value is 0.487. The number of hydrogen-bond acceptors (Lipinski definition) is 3. The molecule has 0 aliphatic carbocycles. The van der Waals surface area contributed by atoms with Crippen molar-refractivity contribution in [2.45, 2.75) is 69.7 Å². The Bertz CT molecular complexity index is 155. The highest BCUT2D eigenvalue weighted by atomic mass is 32.1. The van der Waals surface area contributed by atoms with Gasteiger partial charge in [0.05, 0.1) is 9.52 Å². The molecule has 0 aliphatic rings. The molecular formula is C14H32O2SSi. The van der Waals surface area contributed by atoms with Crippen molar-refractivity contribution in [3.63, 3.8) is 0 Å². The summed E-state index contributed by atoms with van der Waals surface area (Å²) in [4.78, 5) is 0. The highest BCUT2D eigenvalue weighted by Gasteiger charge is 2.04. The summed E-state index contributed by atoms with van der Waals surface area (Å²) in [6, 6.07) is 1.36. The van der Waals surface area contributed by atoms with Crippen LogP contribution in [0, 0.1) is 0 Å². The fourth-order valence-corrected chi connectivity index (χ4v) is 3.84. The first-order valence-electron chi connectivity index (χ1n) is 7.51. The van der Waals surface area contributed by atoms with Gasteiger partial charge in [0.25, 0.3) is 0 Å². The van der Waals surface area contributed by atoms with E-state index in [4.69, 9.17) is 9.47 Å². The minimum absolute atomic E-state index is 0.136. The van der Waals surface area contributed by atoms with Crippen LogP contribution in [0.5, 0.6) is 0 Å². The molecule has 0 rings (SSSR count). The highest BCUT2D eigenvalue weighted by molar-refractivity contribution is 7.80. The molecule has 0 saturated heterocycles. The summed E-state index contributed by atoms with van der Waals surface area (Å²) in [5, 5.41) is 0. The van der Waals surface area contributed by atoms with Gasteiger partial charge in [-0.05, 0) is 12.2 Å². The number of unbranched alkanes of at least 4 members (excludes halogenated alkanes) is 8. The van der Waals surface area contributed by atoms with Gasteiger partial charge in [0, 0.05) is 14.2 Å². The second kappa shape index (κ2) is 15.5. The molecule has 0 unspecified atom stereocenters. The van der Waals surface area contributed by atoms with E-state index in [-0.39, 0.29) is 15.4 Å². The summed E-state index contributed by atoms with van der Waals surface area (Å²) in [7, 11) is 3.31. The summed E-state index contributed by atoms with van der Waals surface area (Å²) >= 11 is 4.23. The van der Waals surface area contributed by atoms with Crippen molar-refractivity contribution in [3.8, 4) is 0 Å². The summed E-state index contributed by atoms with van der Waals surface area (Å²) in [5.41, 5.74) is 0. The molecule has 2 nitrogen and oxygen atoms in total. The lowest BCUT2D eigenvalue weighted by molar-refractivity contribution is -0.0441. The third-order valence-electron chi connectivity index (χ3n) is 3.37. The number of ether oxygens (including phenoxy) is 2. The zero-order valence-corrected chi connectivity index (χ0v) is 14.6. The zero-order valence-electron chi connectivity index (χ0n) is 12.3. The van der Waals surface area contributed by atoms with Gasteiger partial charge in [-0.3, -0.25) is 0 Å². The van der Waals surface area contributed by atoms with Crippen molar-refractivity contribution < 1.29 is 9.47 Å². The summed E-state index contributed by atoms with van der Waals surface area (Å²) in [6.45, 7) is 0. The molecule has 0 amide bonds. The van der Waals surface area contributed by atoms with E-state index >= 15 is 0 Å². The van der Waals surface area contributed by atoms with Crippen LogP contribution in [0.3, 0.4) is 0 Å². The Morgan fingerprint density at radius 2 is 1.22 bits per heavy atom. The Morgan fingerprint density at radius 3 is 1.67 bits per heavy atom. The van der Waals surface area contributed by atoms with Crippen LogP contribution in [0.4, 0.5) is 0 Å². The second-order valence-electron chi connectivity index (χ2n) is 4.95. The van der Waals surface area contributed by atoms with Crippen molar-refractivity contribution in [1.82, 2.24) is 0 Å². The van der Waals surface area contributed by atoms with E-state index in [1.165, 1.54) is 63.8 Å². The maximum Gasteiger partial charge on any atom is 0.134 e. The van der Waals surface area contributed by atoms with Crippen molar-refractivity contribution >= 4 is 22.1 Å². The van der Waals surface area contributed by atoms with Crippen LogP contribution in [-0.4, -0.2) is 35.4 Å². The quantitative estimate of drug-likeness (QED) is 0.228. The molecule has 0 saturated carbocycles. The average molecular weight is 293 g/mol. The number of hydrogen-bond donors (Lipinski definition) is 1. The molecule has 0 fully saturated rings. The van der Waals surface area contributed by atoms with Crippen LogP contribution in [0.15, 0.2) is 0 Å². The first kappa shape index (κ1) is 18.5. The summed E-state index contributed by atoms with van der Waals surface area (Å²) in [5.74, 6) is 1.19. The van der Waals surface area contributed by atoms with E-state index in [0.29, 0.717) is 0 Å². The number of thiol groups is 1. The molecule has 0 aliphatic heterocycles. The maximum absolute atomic E-state index is 5.23. The molecular weight excluding hydrogens is 260 g/mol. The van der Waals surface area contributed by atoms with Gasteiger partial charge >= 0.3 is 0 Å². The molecule has 0 heterocycles. The molecule has 0 aromatic carbocycles. The molecule has 4 heteroatoms. The van der Waals surface area contributed by atoms with Crippen molar-refractivity contribution in [2.24, 2.45) is 0 Å². The van der Waals surface area contributed by atoms with E-state index in [1.807, 2.05) is 0 Å². The third-order valence-corrected chi connectivity index (χ3v) is 5.74. The van der Waals surface area contributed by atoms with Gasteiger partial charge in [0.1, 0.15) is 5.91 Å². The zero-order chi connectivity index (χ0) is 13.5. The van der Waals surface area contributed by atoms with Crippen molar-refractivity contribution in [1.29, 1.82) is 0 Å². The Balaban J connectivity index is 3.03. The number of rotatable bonds is 14. The van der Waals surface area contributed by atoms with Gasteiger partial charge in [0.15, 0.2) is 0 Å². The van der Waals surface area contributed by atoms with Gasteiger partial charge in [-0.25, -0.2) is 0 Å². The topological polar surface area (TPSA) is 18.5 Å². The number of methoxy groups -OCH3 is 2. The summed E-state index contributed by atoms with van der Waals surface area (Å²) in [6.07, 6.45) is 12.5. The molecule has 110 valence electrons. The highest BCUT2D eigenvalue weighted by Crippen LogP contribution is 2.11.